The number of thioether (sulfide) groups is 2. The largest absolute Gasteiger partial charge is 0.355 e. The summed E-state index contributed by atoms with van der Waals surface area (Å²) in [4.78, 5) is 7.27. The van der Waals surface area contributed by atoms with Crippen molar-refractivity contribution >= 4 is 62.0 Å². The van der Waals surface area contributed by atoms with Crippen LogP contribution in [0.4, 0.5) is 11.4 Å². The van der Waals surface area contributed by atoms with E-state index in [0.717, 1.165) is 41.1 Å². The Kier molecular flexibility index (Phi) is 11.3. The van der Waals surface area contributed by atoms with E-state index in [9.17, 15) is 13.0 Å². The van der Waals surface area contributed by atoms with Gasteiger partial charge >= 0.3 is 0 Å². The van der Waals surface area contributed by atoms with Gasteiger partial charge < -0.3 is 14.3 Å². The van der Waals surface area contributed by atoms with Crippen LogP contribution in [0.5, 0.6) is 0 Å². The molecule has 2 aliphatic heterocycles. The maximum absolute atomic E-state index is 11.4. The second kappa shape index (κ2) is 13.7. The average Bonchev–Trinajstić information content (AvgIpc) is 3.34. The van der Waals surface area contributed by atoms with Crippen LogP contribution in [0, 0.1) is 13.8 Å². The Labute approximate surface area is 260 Å². The Balaban J connectivity index is 0.00000441. The molecule has 1 N–H and O–H groups in total. The number of hydrogen-bond acceptors (Lipinski definition) is 6. The van der Waals surface area contributed by atoms with E-state index in [0.29, 0.717) is 13.0 Å². The molecule has 220 valence electrons. The van der Waals surface area contributed by atoms with Gasteiger partial charge in [-0.3, -0.25) is 4.55 Å². The number of anilines is 2. The van der Waals surface area contributed by atoms with Gasteiger partial charge in [-0.2, -0.15) is 8.42 Å². The lowest BCUT2D eigenvalue weighted by atomic mass is 10.1. The minimum atomic E-state index is -3.99. The SMILES string of the molecule is Br.CCC(=CC1Sc2ccc(C)cc2N1CCC[N+](C)(C)C)C=C1Sc2ccc(C)cc2N1CCCS(=O)(=O)O. The summed E-state index contributed by atoms with van der Waals surface area (Å²) in [5, 5.41) is 1.33. The van der Waals surface area contributed by atoms with E-state index in [-0.39, 0.29) is 28.1 Å². The van der Waals surface area contributed by atoms with Gasteiger partial charge in [0.1, 0.15) is 0 Å². The first-order valence-electron chi connectivity index (χ1n) is 13.6. The molecule has 1 atom stereocenters. The lowest BCUT2D eigenvalue weighted by Crippen LogP contribution is -2.38. The molecule has 0 aromatic heterocycles. The van der Waals surface area contributed by atoms with Gasteiger partial charge in [0, 0.05) is 29.3 Å². The molecule has 2 aromatic rings. The zero-order chi connectivity index (χ0) is 28.4. The van der Waals surface area contributed by atoms with Crippen molar-refractivity contribution in [3.63, 3.8) is 0 Å². The first kappa shape index (κ1) is 33.1. The van der Waals surface area contributed by atoms with Gasteiger partial charge in [0.15, 0.2) is 0 Å². The highest BCUT2D eigenvalue weighted by molar-refractivity contribution is 8.93. The summed E-state index contributed by atoms with van der Waals surface area (Å²) in [5.41, 5.74) is 6.15. The summed E-state index contributed by atoms with van der Waals surface area (Å²) in [7, 11) is 2.75. The molecule has 2 aromatic carbocycles. The third-order valence-electron chi connectivity index (χ3n) is 6.95. The van der Waals surface area contributed by atoms with Gasteiger partial charge in [0.2, 0.25) is 0 Å². The fourth-order valence-electron chi connectivity index (χ4n) is 4.93. The standard InChI is InChI=1S/C30H41N3O3S3.BrH/c1-7-24(20-29-31(14-8-16-33(4,5)6)25-18-22(2)10-12-27(25)37-29)21-30-32(15-9-17-39(34,35)36)26-19-23(3)11-13-28(26)38-30;/h10-13,18-21,29H,7-9,14-17H2,1-6H3;1H/p+1. The highest BCUT2D eigenvalue weighted by atomic mass is 79.9. The van der Waals surface area contributed by atoms with Crippen molar-refractivity contribution in [2.75, 3.05) is 56.3 Å². The molecule has 0 aliphatic carbocycles. The first-order valence-corrected chi connectivity index (χ1v) is 16.9. The highest BCUT2D eigenvalue weighted by Gasteiger charge is 2.30. The maximum atomic E-state index is 11.4. The van der Waals surface area contributed by atoms with Crippen LogP contribution in [0.15, 0.2) is 68.9 Å². The molecule has 2 heterocycles. The molecule has 0 amide bonds. The predicted molar refractivity (Wildman–Crippen MR) is 178 cm³/mol. The van der Waals surface area contributed by atoms with Crippen molar-refractivity contribution in [1.29, 1.82) is 0 Å². The Bertz CT molecular complexity index is 1370. The molecule has 0 saturated carbocycles. The molecular weight excluding hydrogens is 626 g/mol. The summed E-state index contributed by atoms with van der Waals surface area (Å²) in [6.07, 6.45) is 7.06. The number of quaternary nitrogens is 1. The molecule has 1 unspecified atom stereocenters. The van der Waals surface area contributed by atoms with E-state index in [1.807, 2.05) is 11.8 Å². The third kappa shape index (κ3) is 8.79. The monoisotopic (exact) mass is 668 g/mol. The van der Waals surface area contributed by atoms with Gasteiger partial charge in [-0.15, -0.1) is 17.0 Å². The molecule has 0 bridgehead atoms. The van der Waals surface area contributed by atoms with Crippen LogP contribution in [0.3, 0.4) is 0 Å². The summed E-state index contributed by atoms with van der Waals surface area (Å²) >= 11 is 3.65. The van der Waals surface area contributed by atoms with Crippen LogP contribution in [0.1, 0.15) is 37.3 Å². The van der Waals surface area contributed by atoms with Crippen molar-refractivity contribution in [3.8, 4) is 0 Å². The number of hydrogen-bond donors (Lipinski definition) is 1. The molecule has 0 spiro atoms. The van der Waals surface area contributed by atoms with E-state index in [1.165, 1.54) is 32.2 Å². The Morgan fingerprint density at radius 1 is 1.00 bits per heavy atom. The smallest absolute Gasteiger partial charge is 0.264 e. The van der Waals surface area contributed by atoms with E-state index in [4.69, 9.17) is 0 Å². The molecule has 0 fully saturated rings. The zero-order valence-electron chi connectivity index (χ0n) is 24.4. The summed E-state index contributed by atoms with van der Waals surface area (Å²) in [6, 6.07) is 13.2. The lowest BCUT2D eigenvalue weighted by Gasteiger charge is -2.29. The van der Waals surface area contributed by atoms with Gasteiger partial charge in [0.25, 0.3) is 10.1 Å². The van der Waals surface area contributed by atoms with Gasteiger partial charge in [0.05, 0.1) is 55.2 Å². The molecule has 4 rings (SSSR count). The van der Waals surface area contributed by atoms with Crippen molar-refractivity contribution in [1.82, 2.24) is 0 Å². The van der Waals surface area contributed by atoms with E-state index in [2.05, 4.69) is 100 Å². The number of fused-ring (bicyclic) bond motifs is 2. The van der Waals surface area contributed by atoms with Crippen LogP contribution in [0.2, 0.25) is 0 Å². The lowest BCUT2D eigenvalue weighted by molar-refractivity contribution is -0.870. The number of benzene rings is 2. The Hall–Kier alpha value is -1.43. The Morgan fingerprint density at radius 3 is 2.27 bits per heavy atom. The van der Waals surface area contributed by atoms with Gasteiger partial charge in [-0.05, 0) is 79.8 Å². The van der Waals surface area contributed by atoms with Crippen LogP contribution in [0.25, 0.3) is 0 Å². The first-order chi connectivity index (χ1) is 18.3. The van der Waals surface area contributed by atoms with Crippen LogP contribution in [-0.2, 0) is 10.1 Å². The van der Waals surface area contributed by atoms with Gasteiger partial charge in [-0.25, -0.2) is 0 Å². The highest BCUT2D eigenvalue weighted by Crippen LogP contribution is 2.48. The van der Waals surface area contributed by atoms with Crippen molar-refractivity contribution < 1.29 is 17.5 Å². The molecule has 40 heavy (non-hydrogen) atoms. The van der Waals surface area contributed by atoms with Gasteiger partial charge in [-0.1, -0.05) is 42.6 Å². The molecule has 6 nitrogen and oxygen atoms in total. The molecule has 2 aliphatic rings. The Morgan fingerprint density at radius 2 is 1.65 bits per heavy atom. The number of nitrogens with zero attached hydrogens (tertiary/aromatic N) is 3. The van der Waals surface area contributed by atoms with Crippen LogP contribution < -0.4 is 9.80 Å². The number of rotatable bonds is 11. The molecule has 0 saturated heterocycles. The van der Waals surface area contributed by atoms with Crippen LogP contribution >= 0.6 is 40.5 Å². The van der Waals surface area contributed by atoms with Crippen molar-refractivity contribution in [2.24, 2.45) is 0 Å². The zero-order valence-corrected chi connectivity index (χ0v) is 28.5. The normalized spacial score (nSPS) is 18.2. The van der Waals surface area contributed by atoms with E-state index in [1.54, 1.807) is 11.8 Å². The second-order valence-corrected chi connectivity index (χ2v) is 15.3. The van der Waals surface area contributed by atoms with Crippen molar-refractivity contribution in [3.05, 3.63) is 70.3 Å². The maximum Gasteiger partial charge on any atom is 0.264 e. The minimum Gasteiger partial charge on any atom is -0.355 e. The predicted octanol–water partition coefficient (Wildman–Crippen LogP) is 7.28. The molecule has 10 heteroatoms. The topological polar surface area (TPSA) is 60.9 Å². The minimum absolute atomic E-state index is 0. The average molecular weight is 670 g/mol. The number of halogens is 1. The third-order valence-corrected chi connectivity index (χ3v) is 10.1. The number of aryl methyl sites for hydroxylation is 2. The number of allylic oxidation sites excluding steroid dienone is 2. The van der Waals surface area contributed by atoms with E-state index >= 15 is 0 Å². The quantitative estimate of drug-likeness (QED) is 0.199. The van der Waals surface area contributed by atoms with Crippen LogP contribution in [-0.4, -0.2) is 69.4 Å². The molecular formula is C30H43BrN3O3S3+. The fraction of sp³-hybridized carbons (Fsp3) is 0.467. The molecule has 0 radical (unpaired) electrons. The summed E-state index contributed by atoms with van der Waals surface area (Å²) in [6.45, 7) is 9.09. The van der Waals surface area contributed by atoms with Crippen molar-refractivity contribution in [2.45, 2.75) is 55.2 Å². The van der Waals surface area contributed by atoms with E-state index < -0.39 is 10.1 Å². The second-order valence-electron chi connectivity index (χ2n) is 11.5. The fourth-order valence-corrected chi connectivity index (χ4v) is 7.87. The summed E-state index contributed by atoms with van der Waals surface area (Å²) in [5.74, 6) is -0.238. The summed E-state index contributed by atoms with van der Waals surface area (Å²) < 4.78 is 33.0.